The summed E-state index contributed by atoms with van der Waals surface area (Å²) in [5.74, 6) is 2.97. The van der Waals surface area contributed by atoms with Crippen LogP contribution in [0.5, 0.6) is 5.75 Å². The smallest absolute Gasteiger partial charge is 0.200 e. The van der Waals surface area contributed by atoms with Gasteiger partial charge in [0.15, 0.2) is 11.5 Å². The number of oxazole rings is 1. The molecule has 0 amide bonds. The van der Waals surface area contributed by atoms with E-state index in [1.807, 2.05) is 24.4 Å². The molecule has 3 saturated heterocycles. The van der Waals surface area contributed by atoms with Crippen molar-refractivity contribution in [1.82, 2.24) is 19.9 Å². The van der Waals surface area contributed by atoms with E-state index in [2.05, 4.69) is 33.2 Å². The van der Waals surface area contributed by atoms with Gasteiger partial charge in [-0.1, -0.05) is 0 Å². The Morgan fingerprint density at radius 3 is 2.78 bits per heavy atom. The van der Waals surface area contributed by atoms with Crippen LogP contribution in [-0.2, 0) is 6.42 Å². The Kier molecular flexibility index (Phi) is 3.94. The standard InChI is InChI=1S/C26H26N4O2/c1-31-17-2-3-18-16(12-27-22(18)11-17)10-24-29-26-23(32-24)5-4-21-25(26)19(13-28-21)20-14-30-8-6-15(20)7-9-30/h2-5,11-13,15,20,27-28H,6-10,14H2,1H3. The lowest BCUT2D eigenvalue weighted by Crippen LogP contribution is -2.46. The van der Waals surface area contributed by atoms with Gasteiger partial charge in [-0.2, -0.15) is 0 Å². The number of hydrogen-bond donors (Lipinski definition) is 2. The fourth-order valence-electron chi connectivity index (χ4n) is 5.97. The Morgan fingerprint density at radius 1 is 1.09 bits per heavy atom. The predicted octanol–water partition coefficient (Wildman–Crippen LogP) is 5.20. The second-order valence-electron chi connectivity index (χ2n) is 9.33. The van der Waals surface area contributed by atoms with Crippen LogP contribution in [0.3, 0.4) is 0 Å². The van der Waals surface area contributed by atoms with Crippen LogP contribution in [0.4, 0.5) is 0 Å². The molecule has 8 rings (SSSR count). The number of ether oxygens (including phenoxy) is 1. The number of aromatic amines is 2. The summed E-state index contributed by atoms with van der Waals surface area (Å²) in [7, 11) is 1.69. The topological polar surface area (TPSA) is 70.1 Å². The van der Waals surface area contributed by atoms with Crippen LogP contribution in [-0.4, -0.2) is 46.6 Å². The van der Waals surface area contributed by atoms with Crippen molar-refractivity contribution >= 4 is 32.9 Å². The monoisotopic (exact) mass is 426 g/mol. The molecule has 2 N–H and O–H groups in total. The Hall–Kier alpha value is -3.25. The van der Waals surface area contributed by atoms with E-state index in [9.17, 15) is 0 Å². The molecule has 3 fully saturated rings. The van der Waals surface area contributed by atoms with Crippen LogP contribution >= 0.6 is 0 Å². The molecule has 0 spiro atoms. The Balaban J connectivity index is 1.29. The average Bonchev–Trinajstić information content (AvgIpc) is 3.55. The third-order valence-corrected chi connectivity index (χ3v) is 7.65. The zero-order chi connectivity index (χ0) is 21.2. The van der Waals surface area contributed by atoms with Crippen LogP contribution in [0.1, 0.15) is 35.8 Å². The van der Waals surface area contributed by atoms with Gasteiger partial charge in [0.05, 0.1) is 13.5 Å². The average molecular weight is 427 g/mol. The van der Waals surface area contributed by atoms with E-state index >= 15 is 0 Å². The number of H-pyrrole nitrogens is 2. The molecular weight excluding hydrogens is 400 g/mol. The number of nitrogens with zero attached hydrogens (tertiary/aromatic N) is 2. The van der Waals surface area contributed by atoms with Crippen molar-refractivity contribution in [3.8, 4) is 5.75 Å². The molecule has 2 aromatic carbocycles. The molecular formula is C26H26N4O2. The molecule has 1 unspecified atom stereocenters. The molecule has 0 radical (unpaired) electrons. The number of rotatable bonds is 4. The van der Waals surface area contributed by atoms with Crippen molar-refractivity contribution in [1.29, 1.82) is 0 Å². The van der Waals surface area contributed by atoms with Gasteiger partial charge in [-0.15, -0.1) is 0 Å². The molecule has 0 saturated carbocycles. The lowest BCUT2D eigenvalue weighted by molar-refractivity contribution is 0.0877. The molecule has 5 aromatic rings. The number of aromatic nitrogens is 3. The number of benzene rings is 2. The molecule has 0 aliphatic carbocycles. The highest BCUT2D eigenvalue weighted by molar-refractivity contribution is 6.04. The van der Waals surface area contributed by atoms with Crippen molar-refractivity contribution < 1.29 is 9.15 Å². The van der Waals surface area contributed by atoms with Crippen molar-refractivity contribution in [2.45, 2.75) is 25.2 Å². The van der Waals surface area contributed by atoms with Gasteiger partial charge in [0.2, 0.25) is 0 Å². The summed E-state index contributed by atoms with van der Waals surface area (Å²) in [6.07, 6.45) is 7.54. The second kappa shape index (κ2) is 6.87. The zero-order valence-corrected chi connectivity index (χ0v) is 18.1. The summed E-state index contributed by atoms with van der Waals surface area (Å²) >= 11 is 0. The highest BCUT2D eigenvalue weighted by Gasteiger charge is 2.36. The molecule has 3 aliphatic heterocycles. The number of fused-ring (bicyclic) bond motifs is 7. The quantitative estimate of drug-likeness (QED) is 0.414. The van der Waals surface area contributed by atoms with Gasteiger partial charge in [0, 0.05) is 52.7 Å². The fourth-order valence-corrected chi connectivity index (χ4v) is 5.97. The van der Waals surface area contributed by atoms with Crippen molar-refractivity contribution in [3.63, 3.8) is 0 Å². The van der Waals surface area contributed by atoms with Crippen LogP contribution in [0, 0.1) is 5.92 Å². The fraction of sp³-hybridized carbons (Fsp3) is 0.346. The van der Waals surface area contributed by atoms with E-state index in [0.717, 1.165) is 46.2 Å². The van der Waals surface area contributed by atoms with Crippen LogP contribution in [0.2, 0.25) is 0 Å². The Bertz CT molecular complexity index is 1450. The normalized spacial score (nSPS) is 23.0. The lowest BCUT2D eigenvalue weighted by Gasteiger charge is -2.44. The predicted molar refractivity (Wildman–Crippen MR) is 125 cm³/mol. The maximum atomic E-state index is 6.24. The van der Waals surface area contributed by atoms with Gasteiger partial charge in [-0.25, -0.2) is 4.98 Å². The van der Waals surface area contributed by atoms with Crippen LogP contribution < -0.4 is 4.74 Å². The van der Waals surface area contributed by atoms with Gasteiger partial charge >= 0.3 is 0 Å². The highest BCUT2D eigenvalue weighted by Crippen LogP contribution is 2.43. The molecule has 6 heteroatoms. The summed E-state index contributed by atoms with van der Waals surface area (Å²) in [6, 6.07) is 10.3. The molecule has 3 aromatic heterocycles. The van der Waals surface area contributed by atoms with Crippen molar-refractivity contribution in [2.75, 3.05) is 26.7 Å². The minimum Gasteiger partial charge on any atom is -0.497 e. The van der Waals surface area contributed by atoms with E-state index in [4.69, 9.17) is 14.1 Å². The van der Waals surface area contributed by atoms with Gasteiger partial charge in [-0.3, -0.25) is 0 Å². The molecule has 6 heterocycles. The minimum atomic E-state index is 0.584. The SMILES string of the molecule is COc1ccc2c(Cc3nc4c(ccc5[nH]cc(C6CN7CCC6CC7)c54)o3)c[nH]c2c1. The highest BCUT2D eigenvalue weighted by atomic mass is 16.5. The third kappa shape index (κ3) is 2.72. The lowest BCUT2D eigenvalue weighted by atomic mass is 9.75. The summed E-state index contributed by atoms with van der Waals surface area (Å²) in [4.78, 5) is 14.5. The van der Waals surface area contributed by atoms with E-state index in [0.29, 0.717) is 12.3 Å². The second-order valence-corrected chi connectivity index (χ2v) is 9.33. The van der Waals surface area contributed by atoms with Gasteiger partial charge in [0.25, 0.3) is 0 Å². The molecule has 2 bridgehead atoms. The van der Waals surface area contributed by atoms with Gasteiger partial charge < -0.3 is 24.0 Å². The maximum absolute atomic E-state index is 6.24. The van der Waals surface area contributed by atoms with Gasteiger partial charge in [0.1, 0.15) is 11.3 Å². The first-order chi connectivity index (χ1) is 15.8. The maximum Gasteiger partial charge on any atom is 0.200 e. The van der Waals surface area contributed by atoms with Crippen LogP contribution in [0.25, 0.3) is 32.9 Å². The molecule has 1 atom stereocenters. The zero-order valence-electron chi connectivity index (χ0n) is 18.1. The van der Waals surface area contributed by atoms with E-state index in [-0.39, 0.29) is 0 Å². The molecule has 6 nitrogen and oxygen atoms in total. The largest absolute Gasteiger partial charge is 0.497 e. The first-order valence-corrected chi connectivity index (χ1v) is 11.5. The summed E-state index contributed by atoms with van der Waals surface area (Å²) in [6.45, 7) is 3.67. The van der Waals surface area contributed by atoms with Crippen molar-refractivity contribution in [2.24, 2.45) is 5.92 Å². The molecule has 3 aliphatic rings. The Labute approximate surface area is 185 Å². The van der Waals surface area contributed by atoms with Crippen molar-refractivity contribution in [3.05, 3.63) is 59.7 Å². The van der Waals surface area contributed by atoms with E-state index in [1.54, 1.807) is 7.11 Å². The first kappa shape index (κ1) is 18.3. The third-order valence-electron chi connectivity index (χ3n) is 7.65. The van der Waals surface area contributed by atoms with Gasteiger partial charge in [-0.05, 0) is 67.2 Å². The molecule has 162 valence electrons. The molecule has 32 heavy (non-hydrogen) atoms. The van der Waals surface area contributed by atoms with E-state index < -0.39 is 0 Å². The first-order valence-electron chi connectivity index (χ1n) is 11.5. The number of hydrogen-bond acceptors (Lipinski definition) is 4. The van der Waals surface area contributed by atoms with E-state index in [1.165, 1.54) is 47.8 Å². The summed E-state index contributed by atoms with van der Waals surface area (Å²) < 4.78 is 11.6. The number of piperidine rings is 3. The summed E-state index contributed by atoms with van der Waals surface area (Å²) in [5.41, 5.74) is 6.68. The Morgan fingerprint density at radius 2 is 1.97 bits per heavy atom. The number of nitrogens with one attached hydrogen (secondary N) is 2. The summed E-state index contributed by atoms with van der Waals surface area (Å²) in [5, 5.41) is 2.42. The minimum absolute atomic E-state index is 0.584. The number of methoxy groups -OCH3 is 1. The van der Waals surface area contributed by atoms with Crippen LogP contribution in [0.15, 0.2) is 47.1 Å².